The van der Waals surface area contributed by atoms with Crippen LogP contribution in [0.15, 0.2) is 30.4 Å². The summed E-state index contributed by atoms with van der Waals surface area (Å²) in [5.41, 5.74) is 0.824. The normalized spacial score (nSPS) is 18.7. The maximum Gasteiger partial charge on any atom is 0.331 e. The van der Waals surface area contributed by atoms with Crippen LogP contribution in [0.2, 0.25) is 0 Å². The number of ether oxygens (including phenoxy) is 3. The number of carbonyl (C=O) groups excluding carboxylic acids is 1. The van der Waals surface area contributed by atoms with Gasteiger partial charge >= 0.3 is 5.97 Å². The molecule has 1 aliphatic rings. The first-order valence-electron chi connectivity index (χ1n) is 5.34. The third-order valence-corrected chi connectivity index (χ3v) is 2.64. The molecule has 0 amide bonds. The molecule has 0 aliphatic carbocycles. The molecule has 4 heteroatoms. The first kappa shape index (κ1) is 11.5. The van der Waals surface area contributed by atoms with Crippen molar-refractivity contribution in [1.29, 1.82) is 0 Å². The van der Waals surface area contributed by atoms with Gasteiger partial charge in [-0.2, -0.15) is 0 Å². The number of hydrogen-bond donors (Lipinski definition) is 0. The topological polar surface area (TPSA) is 44.8 Å². The predicted molar refractivity (Wildman–Crippen MR) is 62.1 cm³/mol. The Balaban J connectivity index is 2.37. The van der Waals surface area contributed by atoms with Crippen LogP contribution in [0.4, 0.5) is 0 Å². The highest BCUT2D eigenvalue weighted by Gasteiger charge is 2.23. The number of cyclic esters (lactones) is 1. The number of hydrogen-bond acceptors (Lipinski definition) is 4. The SMILES string of the molecule is COc1cccc([C@@H]2CC=CC(=O)O2)c1OC. The molecule has 2 rings (SSSR count). The van der Waals surface area contributed by atoms with Crippen molar-refractivity contribution in [3.8, 4) is 11.5 Å². The monoisotopic (exact) mass is 234 g/mol. The first-order valence-corrected chi connectivity index (χ1v) is 5.34. The molecule has 1 atom stereocenters. The van der Waals surface area contributed by atoms with Gasteiger partial charge in [-0.3, -0.25) is 0 Å². The third kappa shape index (κ3) is 2.25. The number of carbonyl (C=O) groups is 1. The van der Waals surface area contributed by atoms with E-state index < -0.39 is 0 Å². The minimum Gasteiger partial charge on any atom is -0.493 e. The van der Waals surface area contributed by atoms with Crippen LogP contribution in [-0.4, -0.2) is 20.2 Å². The van der Waals surface area contributed by atoms with E-state index in [9.17, 15) is 4.79 Å². The molecule has 1 aromatic carbocycles. The Labute approximate surface area is 99.8 Å². The van der Waals surface area contributed by atoms with E-state index in [4.69, 9.17) is 14.2 Å². The molecule has 90 valence electrons. The van der Waals surface area contributed by atoms with Gasteiger partial charge in [-0.1, -0.05) is 18.2 Å². The minimum absolute atomic E-state index is 0.308. The molecule has 0 bridgehead atoms. The van der Waals surface area contributed by atoms with Crippen molar-refractivity contribution in [2.45, 2.75) is 12.5 Å². The summed E-state index contributed by atoms with van der Waals surface area (Å²) >= 11 is 0. The van der Waals surface area contributed by atoms with Crippen molar-refractivity contribution in [2.24, 2.45) is 0 Å². The average Bonchev–Trinajstić information content (AvgIpc) is 2.37. The smallest absolute Gasteiger partial charge is 0.331 e. The molecule has 1 heterocycles. The van der Waals surface area contributed by atoms with Crippen molar-refractivity contribution in [1.82, 2.24) is 0 Å². The van der Waals surface area contributed by atoms with Gasteiger partial charge in [0.15, 0.2) is 11.5 Å². The third-order valence-electron chi connectivity index (χ3n) is 2.64. The van der Waals surface area contributed by atoms with Crippen LogP contribution in [0.1, 0.15) is 18.1 Å². The van der Waals surface area contributed by atoms with E-state index in [0.29, 0.717) is 17.9 Å². The van der Waals surface area contributed by atoms with E-state index in [1.807, 2.05) is 18.2 Å². The summed E-state index contributed by atoms with van der Waals surface area (Å²) in [4.78, 5) is 11.2. The van der Waals surface area contributed by atoms with Crippen LogP contribution in [0.3, 0.4) is 0 Å². The summed E-state index contributed by atoms with van der Waals surface area (Å²) in [5, 5.41) is 0. The zero-order valence-corrected chi connectivity index (χ0v) is 9.80. The maximum atomic E-state index is 11.2. The summed E-state index contributed by atoms with van der Waals surface area (Å²) in [5.74, 6) is 0.921. The van der Waals surface area contributed by atoms with Gasteiger partial charge in [-0.25, -0.2) is 4.79 Å². The summed E-state index contributed by atoms with van der Waals surface area (Å²) in [7, 11) is 3.15. The second kappa shape index (κ2) is 4.91. The van der Waals surface area contributed by atoms with E-state index in [0.717, 1.165) is 5.56 Å². The Morgan fingerprint density at radius 1 is 1.29 bits per heavy atom. The molecule has 0 saturated heterocycles. The van der Waals surface area contributed by atoms with Crippen LogP contribution in [0.5, 0.6) is 11.5 Å². The molecule has 0 radical (unpaired) electrons. The quantitative estimate of drug-likeness (QED) is 0.752. The molecule has 0 fully saturated rings. The van der Waals surface area contributed by atoms with Crippen LogP contribution in [0, 0.1) is 0 Å². The van der Waals surface area contributed by atoms with Crippen molar-refractivity contribution in [3.05, 3.63) is 35.9 Å². The van der Waals surface area contributed by atoms with Gasteiger partial charge in [0.25, 0.3) is 0 Å². The summed E-state index contributed by atoms with van der Waals surface area (Å²) in [6, 6.07) is 5.53. The standard InChI is InChI=1S/C13H14O4/c1-15-11-7-3-5-9(13(11)16-2)10-6-4-8-12(14)17-10/h3-5,7-8,10H,6H2,1-2H3/t10-/m0/s1. The van der Waals surface area contributed by atoms with Gasteiger partial charge in [0.2, 0.25) is 0 Å². The molecule has 17 heavy (non-hydrogen) atoms. The number of rotatable bonds is 3. The van der Waals surface area contributed by atoms with Gasteiger partial charge in [-0.05, 0) is 6.07 Å². The van der Waals surface area contributed by atoms with E-state index in [1.54, 1.807) is 20.3 Å². The Morgan fingerprint density at radius 2 is 2.12 bits per heavy atom. The molecule has 0 aromatic heterocycles. The summed E-state index contributed by atoms with van der Waals surface area (Å²) in [6.07, 6.45) is 3.57. The molecule has 1 aliphatic heterocycles. The molecule has 0 saturated carbocycles. The molecule has 0 N–H and O–H groups in total. The van der Waals surface area contributed by atoms with E-state index in [2.05, 4.69) is 0 Å². The number of para-hydroxylation sites is 1. The van der Waals surface area contributed by atoms with Crippen molar-refractivity contribution >= 4 is 5.97 Å². The zero-order valence-electron chi connectivity index (χ0n) is 9.80. The van der Waals surface area contributed by atoms with Crippen LogP contribution < -0.4 is 9.47 Å². The lowest BCUT2D eigenvalue weighted by molar-refractivity contribution is -0.144. The Hall–Kier alpha value is -1.97. The zero-order chi connectivity index (χ0) is 12.3. The highest BCUT2D eigenvalue weighted by atomic mass is 16.5. The summed E-state index contributed by atoms with van der Waals surface area (Å²) in [6.45, 7) is 0. The second-order valence-corrected chi connectivity index (χ2v) is 3.65. The van der Waals surface area contributed by atoms with Gasteiger partial charge < -0.3 is 14.2 Å². The molecule has 1 aromatic rings. The average molecular weight is 234 g/mol. The van der Waals surface area contributed by atoms with Crippen LogP contribution >= 0.6 is 0 Å². The van der Waals surface area contributed by atoms with Gasteiger partial charge in [0.05, 0.1) is 14.2 Å². The highest BCUT2D eigenvalue weighted by Crippen LogP contribution is 2.38. The van der Waals surface area contributed by atoms with E-state index in [-0.39, 0.29) is 12.1 Å². The fraction of sp³-hybridized carbons (Fsp3) is 0.308. The molecule has 4 nitrogen and oxygen atoms in total. The first-order chi connectivity index (χ1) is 8.26. The number of esters is 1. The number of methoxy groups -OCH3 is 2. The largest absolute Gasteiger partial charge is 0.493 e. The van der Waals surface area contributed by atoms with Crippen molar-refractivity contribution < 1.29 is 19.0 Å². The molecular formula is C13H14O4. The molecule has 0 spiro atoms. The molecular weight excluding hydrogens is 220 g/mol. The van der Waals surface area contributed by atoms with Crippen molar-refractivity contribution in [2.75, 3.05) is 14.2 Å². The second-order valence-electron chi connectivity index (χ2n) is 3.65. The van der Waals surface area contributed by atoms with Crippen LogP contribution in [-0.2, 0) is 9.53 Å². The van der Waals surface area contributed by atoms with Crippen LogP contribution in [0.25, 0.3) is 0 Å². The Morgan fingerprint density at radius 3 is 2.76 bits per heavy atom. The minimum atomic E-state index is -0.328. The number of benzene rings is 1. The van der Waals surface area contributed by atoms with Crippen molar-refractivity contribution in [3.63, 3.8) is 0 Å². The van der Waals surface area contributed by atoms with E-state index in [1.165, 1.54) is 6.08 Å². The lowest BCUT2D eigenvalue weighted by Crippen LogP contribution is -2.13. The van der Waals surface area contributed by atoms with Gasteiger partial charge in [0, 0.05) is 18.1 Å². The van der Waals surface area contributed by atoms with Gasteiger partial charge in [0.1, 0.15) is 6.10 Å². The maximum absolute atomic E-state index is 11.2. The highest BCUT2D eigenvalue weighted by molar-refractivity contribution is 5.83. The Bertz CT molecular complexity index is 451. The summed E-state index contributed by atoms with van der Waals surface area (Å²) < 4.78 is 15.8. The fourth-order valence-electron chi connectivity index (χ4n) is 1.87. The lowest BCUT2D eigenvalue weighted by Gasteiger charge is -2.22. The van der Waals surface area contributed by atoms with Gasteiger partial charge in [-0.15, -0.1) is 0 Å². The lowest BCUT2D eigenvalue weighted by atomic mass is 10.0. The fourth-order valence-corrected chi connectivity index (χ4v) is 1.87. The Kier molecular flexibility index (Phi) is 3.32. The molecule has 0 unspecified atom stereocenters. The van der Waals surface area contributed by atoms with E-state index >= 15 is 0 Å². The predicted octanol–water partition coefficient (Wildman–Crippen LogP) is 2.25.